The number of nitrogens with zero attached hydrogens (tertiary/aromatic N) is 2. The number of methoxy groups -OCH3 is 1. The fourth-order valence-electron chi connectivity index (χ4n) is 10.9. The first-order chi connectivity index (χ1) is 19.6. The maximum absolute atomic E-state index is 13.3. The van der Waals surface area contributed by atoms with E-state index in [4.69, 9.17) is 4.74 Å². The van der Waals surface area contributed by atoms with Crippen molar-refractivity contribution in [2.45, 2.75) is 97.2 Å². The smallest absolute Gasteiger partial charge is 0.222 e. The van der Waals surface area contributed by atoms with Gasteiger partial charge in [0.1, 0.15) is 5.75 Å². The maximum atomic E-state index is 13.3. The van der Waals surface area contributed by atoms with Gasteiger partial charge in [0.2, 0.25) is 5.91 Å². The highest BCUT2D eigenvalue weighted by molar-refractivity contribution is 5.76. The second-order valence-electron chi connectivity index (χ2n) is 15.0. The van der Waals surface area contributed by atoms with Crippen molar-refractivity contribution in [2.75, 3.05) is 38.2 Å². The van der Waals surface area contributed by atoms with E-state index in [1.54, 1.807) is 7.11 Å². The molecule has 1 heterocycles. The highest BCUT2D eigenvalue weighted by Crippen LogP contribution is 2.68. The lowest BCUT2D eigenvalue weighted by Crippen LogP contribution is -2.58. The predicted octanol–water partition coefficient (Wildman–Crippen LogP) is 5.75. The zero-order valence-corrected chi connectivity index (χ0v) is 25.9. The number of benzene rings is 1. The van der Waals surface area contributed by atoms with Crippen LogP contribution in [0.25, 0.3) is 0 Å². The second kappa shape index (κ2) is 11.4. The molecule has 41 heavy (non-hydrogen) atoms. The van der Waals surface area contributed by atoms with Gasteiger partial charge in [0, 0.05) is 38.3 Å². The highest BCUT2D eigenvalue weighted by Gasteiger charge is 2.62. The zero-order valence-electron chi connectivity index (χ0n) is 25.9. The largest absolute Gasteiger partial charge is 0.497 e. The first-order valence-electron chi connectivity index (χ1n) is 16.7. The predicted molar refractivity (Wildman–Crippen MR) is 163 cm³/mol. The summed E-state index contributed by atoms with van der Waals surface area (Å²) in [5, 5.41) is 21.9. The minimum atomic E-state index is -0.222. The molecule has 4 saturated carbocycles. The van der Waals surface area contributed by atoms with E-state index in [9.17, 15) is 15.0 Å². The maximum Gasteiger partial charge on any atom is 0.222 e. The fourth-order valence-corrected chi connectivity index (χ4v) is 10.9. The van der Waals surface area contributed by atoms with E-state index in [0.717, 1.165) is 64.0 Å². The molecule has 0 unspecified atom stereocenters. The van der Waals surface area contributed by atoms with Crippen molar-refractivity contribution in [1.82, 2.24) is 4.90 Å². The average molecular weight is 567 g/mol. The van der Waals surface area contributed by atoms with Gasteiger partial charge >= 0.3 is 0 Å². The van der Waals surface area contributed by atoms with Crippen LogP contribution in [0.1, 0.15) is 85.0 Å². The van der Waals surface area contributed by atoms with Gasteiger partial charge in [-0.2, -0.15) is 0 Å². The molecule has 6 nitrogen and oxygen atoms in total. The number of fused-ring (bicyclic) bond motifs is 5. The molecular weight excluding hydrogens is 512 g/mol. The Bertz CT molecular complexity index is 1070. The number of piperazine rings is 1. The molecule has 1 saturated heterocycles. The molecule has 0 radical (unpaired) electrons. The molecular formula is C35H54N2O4. The molecule has 228 valence electrons. The van der Waals surface area contributed by atoms with Crippen LogP contribution in [0, 0.1) is 46.3 Å². The number of anilines is 1. The van der Waals surface area contributed by atoms with Crippen molar-refractivity contribution < 1.29 is 19.7 Å². The Kier molecular flexibility index (Phi) is 8.12. The van der Waals surface area contributed by atoms with Gasteiger partial charge in [-0.3, -0.25) is 4.79 Å². The Labute approximate surface area is 247 Å². The number of amides is 1. The quantitative estimate of drug-likeness (QED) is 0.459. The van der Waals surface area contributed by atoms with E-state index in [1.807, 2.05) is 12.1 Å². The van der Waals surface area contributed by atoms with Crippen molar-refractivity contribution >= 4 is 11.6 Å². The second-order valence-corrected chi connectivity index (χ2v) is 15.0. The van der Waals surface area contributed by atoms with Crippen LogP contribution >= 0.6 is 0 Å². The summed E-state index contributed by atoms with van der Waals surface area (Å²) in [4.78, 5) is 17.7. The minimum absolute atomic E-state index is 0.178. The van der Waals surface area contributed by atoms with Gasteiger partial charge in [-0.15, -0.1) is 0 Å². The monoisotopic (exact) mass is 566 g/mol. The van der Waals surface area contributed by atoms with Crippen LogP contribution in [0.5, 0.6) is 5.75 Å². The first-order valence-corrected chi connectivity index (χ1v) is 16.7. The molecule has 5 fully saturated rings. The van der Waals surface area contributed by atoms with E-state index < -0.39 is 0 Å². The van der Waals surface area contributed by atoms with Crippen LogP contribution in [-0.4, -0.2) is 66.5 Å². The van der Waals surface area contributed by atoms with E-state index in [2.05, 4.69) is 42.7 Å². The van der Waals surface area contributed by atoms with Crippen LogP contribution in [0.2, 0.25) is 0 Å². The number of aliphatic hydroxyl groups is 2. The molecule has 1 aliphatic heterocycles. The standard InChI is InChI=1S/C35H54N2O4/c1-23(5-12-32(40)37-19-17-36(18-20-37)25-6-8-27(41-4)9-7-25)28-10-11-29-33-30(14-16-35(28,29)3)34(2)15-13-26(38)21-24(34)22-31(33)39/h6-9,23-24,26,28-31,33,38-39H,5,10-22H2,1-4H3/t23-,24+,26-,28-,29+,30+,31+,33+,34+,35-/m0/s1. The van der Waals surface area contributed by atoms with Gasteiger partial charge in [0.05, 0.1) is 19.3 Å². The lowest BCUT2D eigenvalue weighted by molar-refractivity contribution is -0.174. The van der Waals surface area contributed by atoms with Crippen molar-refractivity contribution in [1.29, 1.82) is 0 Å². The molecule has 0 bridgehead atoms. The molecule has 1 amide bonds. The summed E-state index contributed by atoms with van der Waals surface area (Å²) in [6.45, 7) is 10.8. The Morgan fingerprint density at radius 3 is 2.34 bits per heavy atom. The van der Waals surface area contributed by atoms with Gasteiger partial charge < -0.3 is 24.7 Å². The summed E-state index contributed by atoms with van der Waals surface area (Å²) in [6.07, 6.45) is 9.97. The van der Waals surface area contributed by atoms with Crippen molar-refractivity contribution in [3.05, 3.63) is 24.3 Å². The molecule has 6 rings (SSSR count). The number of hydrogen-bond donors (Lipinski definition) is 2. The van der Waals surface area contributed by atoms with E-state index in [-0.39, 0.29) is 23.0 Å². The molecule has 10 atom stereocenters. The Morgan fingerprint density at radius 1 is 0.951 bits per heavy atom. The fraction of sp³-hybridized carbons (Fsp3) is 0.800. The molecule has 6 heteroatoms. The summed E-state index contributed by atoms with van der Waals surface area (Å²) in [5.41, 5.74) is 1.74. The van der Waals surface area contributed by atoms with Crippen LogP contribution in [0.4, 0.5) is 5.69 Å². The third-order valence-corrected chi connectivity index (χ3v) is 13.3. The number of aliphatic hydroxyl groups excluding tert-OH is 2. The molecule has 0 aromatic heterocycles. The van der Waals surface area contributed by atoms with Gasteiger partial charge in [-0.1, -0.05) is 20.8 Å². The van der Waals surface area contributed by atoms with Crippen molar-refractivity contribution in [3.63, 3.8) is 0 Å². The number of hydrogen-bond acceptors (Lipinski definition) is 5. The topological polar surface area (TPSA) is 73.2 Å². The van der Waals surface area contributed by atoms with Crippen molar-refractivity contribution in [3.8, 4) is 5.75 Å². The van der Waals surface area contributed by atoms with Crippen LogP contribution in [0.3, 0.4) is 0 Å². The summed E-state index contributed by atoms with van der Waals surface area (Å²) < 4.78 is 5.29. The van der Waals surface area contributed by atoms with Crippen LogP contribution in [-0.2, 0) is 4.79 Å². The lowest BCUT2D eigenvalue weighted by Gasteiger charge is -2.62. The van der Waals surface area contributed by atoms with Gasteiger partial charge in [-0.05, 0) is 128 Å². The first kappa shape index (κ1) is 29.3. The van der Waals surface area contributed by atoms with E-state index in [1.165, 1.54) is 31.4 Å². The summed E-state index contributed by atoms with van der Waals surface area (Å²) in [7, 11) is 1.69. The third-order valence-electron chi connectivity index (χ3n) is 13.3. The molecule has 1 aromatic rings. The van der Waals surface area contributed by atoms with Crippen LogP contribution < -0.4 is 9.64 Å². The summed E-state index contributed by atoms with van der Waals surface area (Å²) in [5.74, 6) is 4.41. The highest BCUT2D eigenvalue weighted by atomic mass is 16.5. The molecule has 2 N–H and O–H groups in total. The summed E-state index contributed by atoms with van der Waals surface area (Å²) in [6, 6.07) is 8.21. The normalized spacial score (nSPS) is 41.3. The van der Waals surface area contributed by atoms with Gasteiger partial charge in [0.25, 0.3) is 0 Å². The Morgan fingerprint density at radius 2 is 1.63 bits per heavy atom. The van der Waals surface area contributed by atoms with Crippen LogP contribution in [0.15, 0.2) is 24.3 Å². The molecule has 4 aliphatic carbocycles. The lowest BCUT2D eigenvalue weighted by atomic mass is 9.43. The number of rotatable bonds is 6. The number of carbonyl (C=O) groups is 1. The van der Waals surface area contributed by atoms with Crippen molar-refractivity contribution in [2.24, 2.45) is 46.3 Å². The molecule has 0 spiro atoms. The molecule has 5 aliphatic rings. The number of carbonyl (C=O) groups excluding carboxylic acids is 1. The van der Waals surface area contributed by atoms with E-state index >= 15 is 0 Å². The third kappa shape index (κ3) is 5.19. The average Bonchev–Trinajstić information content (AvgIpc) is 3.34. The summed E-state index contributed by atoms with van der Waals surface area (Å²) >= 11 is 0. The van der Waals surface area contributed by atoms with Gasteiger partial charge in [-0.25, -0.2) is 0 Å². The Balaban J connectivity index is 1.03. The zero-order chi connectivity index (χ0) is 28.9. The van der Waals surface area contributed by atoms with Gasteiger partial charge in [0.15, 0.2) is 0 Å². The molecule has 1 aromatic carbocycles. The SMILES string of the molecule is COc1ccc(N2CCN(C(=O)CC[C@H](C)[C@@H]3CC[C@@H]4[C@H]5[C@H](O)C[C@H]6C[C@@H](O)CC[C@@]6(C)[C@@H]5CC[C@]43C)CC2)cc1. The Hall–Kier alpha value is -1.79. The number of ether oxygens (including phenoxy) is 1. The minimum Gasteiger partial charge on any atom is -0.497 e. The van der Waals surface area contributed by atoms with E-state index in [0.29, 0.717) is 47.8 Å².